The second-order valence-electron chi connectivity index (χ2n) is 7.55. The third-order valence-electron chi connectivity index (χ3n) is 4.89. The smallest absolute Gasteiger partial charge is 0.00131 e. The first-order valence-electron chi connectivity index (χ1n) is 10.5. The zero-order valence-electron chi connectivity index (χ0n) is 16.0. The fraction of sp³-hybridized carbons (Fsp3) is 1.00. The molecular weight excluding hydrogens is 266 g/mol. The van der Waals surface area contributed by atoms with Crippen LogP contribution in [0.25, 0.3) is 0 Å². The zero-order valence-corrected chi connectivity index (χ0v) is 16.0. The summed E-state index contributed by atoms with van der Waals surface area (Å²) in [6.45, 7) is 6.76. The van der Waals surface area contributed by atoms with Gasteiger partial charge in [-0.15, -0.1) is 0 Å². The van der Waals surface area contributed by atoms with E-state index in [0.29, 0.717) is 6.04 Å². The maximum atomic E-state index is 6.05. The van der Waals surface area contributed by atoms with Crippen LogP contribution in [-0.4, -0.2) is 6.04 Å². The molecular formula is C21H45N. The van der Waals surface area contributed by atoms with Crippen LogP contribution in [0.4, 0.5) is 0 Å². The Morgan fingerprint density at radius 1 is 0.591 bits per heavy atom. The first-order valence-corrected chi connectivity index (χ1v) is 10.5. The molecule has 1 heteroatoms. The molecule has 0 bridgehead atoms. The predicted octanol–water partition coefficient (Wildman–Crippen LogP) is 7.23. The molecule has 0 spiro atoms. The van der Waals surface area contributed by atoms with Gasteiger partial charge in [0.1, 0.15) is 0 Å². The van der Waals surface area contributed by atoms with Crippen molar-refractivity contribution in [1.29, 1.82) is 0 Å². The Balaban J connectivity index is 3.61. The topological polar surface area (TPSA) is 26.0 Å². The van der Waals surface area contributed by atoms with Gasteiger partial charge in [0.2, 0.25) is 0 Å². The summed E-state index contributed by atoms with van der Waals surface area (Å²) in [5, 5.41) is 0. The molecule has 134 valence electrons. The first-order chi connectivity index (χ1) is 10.7. The van der Waals surface area contributed by atoms with Crippen molar-refractivity contribution in [3.8, 4) is 0 Å². The Bertz CT molecular complexity index is 200. The molecule has 2 unspecified atom stereocenters. The van der Waals surface area contributed by atoms with Gasteiger partial charge in [-0.1, -0.05) is 110 Å². The molecule has 0 radical (unpaired) electrons. The Labute approximate surface area is 141 Å². The molecule has 0 aliphatic carbocycles. The molecule has 0 aliphatic heterocycles. The summed E-state index contributed by atoms with van der Waals surface area (Å²) in [6, 6.07) is 0.384. The average molecular weight is 312 g/mol. The van der Waals surface area contributed by atoms with Gasteiger partial charge in [0.25, 0.3) is 0 Å². The minimum Gasteiger partial charge on any atom is -0.328 e. The van der Waals surface area contributed by atoms with Crippen molar-refractivity contribution in [3.05, 3.63) is 0 Å². The van der Waals surface area contributed by atoms with Crippen LogP contribution >= 0.6 is 0 Å². The van der Waals surface area contributed by atoms with Gasteiger partial charge in [0.15, 0.2) is 0 Å². The van der Waals surface area contributed by atoms with E-state index in [1.807, 2.05) is 0 Å². The Hall–Kier alpha value is -0.0400. The Morgan fingerprint density at radius 3 is 1.32 bits per heavy atom. The minimum atomic E-state index is 0.384. The molecule has 2 atom stereocenters. The molecule has 2 N–H and O–H groups in total. The monoisotopic (exact) mass is 311 g/mol. The molecule has 22 heavy (non-hydrogen) atoms. The molecule has 0 rings (SSSR count). The number of unbranched alkanes of at least 4 members (excludes halogenated alkanes) is 11. The van der Waals surface area contributed by atoms with Crippen molar-refractivity contribution in [2.24, 2.45) is 11.7 Å². The third kappa shape index (κ3) is 16.3. The molecule has 0 heterocycles. The average Bonchev–Trinajstić information content (AvgIpc) is 2.49. The van der Waals surface area contributed by atoms with Gasteiger partial charge in [-0.2, -0.15) is 0 Å². The van der Waals surface area contributed by atoms with E-state index in [1.54, 1.807) is 0 Å². The van der Waals surface area contributed by atoms with Crippen molar-refractivity contribution >= 4 is 0 Å². The van der Waals surface area contributed by atoms with Gasteiger partial charge in [-0.3, -0.25) is 0 Å². The SMILES string of the molecule is CCCCCCCCCC(CCCCCCCC)CC(C)N. The van der Waals surface area contributed by atoms with E-state index in [2.05, 4.69) is 20.8 Å². The van der Waals surface area contributed by atoms with E-state index < -0.39 is 0 Å². The zero-order chi connectivity index (χ0) is 16.5. The van der Waals surface area contributed by atoms with Crippen LogP contribution < -0.4 is 5.73 Å². The summed E-state index contributed by atoms with van der Waals surface area (Å²) < 4.78 is 0. The fourth-order valence-corrected chi connectivity index (χ4v) is 3.51. The quantitative estimate of drug-likeness (QED) is 0.282. The number of hydrogen-bond acceptors (Lipinski definition) is 1. The van der Waals surface area contributed by atoms with Crippen molar-refractivity contribution in [2.45, 2.75) is 130 Å². The highest BCUT2D eigenvalue weighted by atomic mass is 14.6. The number of nitrogens with two attached hydrogens (primary N) is 1. The van der Waals surface area contributed by atoms with Gasteiger partial charge in [-0.25, -0.2) is 0 Å². The molecule has 0 amide bonds. The van der Waals surface area contributed by atoms with E-state index in [-0.39, 0.29) is 0 Å². The molecule has 0 fully saturated rings. The normalized spacial score (nSPS) is 14.2. The van der Waals surface area contributed by atoms with Crippen LogP contribution in [0.5, 0.6) is 0 Å². The number of rotatable bonds is 17. The summed E-state index contributed by atoms with van der Waals surface area (Å²) in [7, 11) is 0. The van der Waals surface area contributed by atoms with Crippen LogP contribution in [0, 0.1) is 5.92 Å². The van der Waals surface area contributed by atoms with Gasteiger partial charge < -0.3 is 5.73 Å². The van der Waals surface area contributed by atoms with Crippen LogP contribution in [0.1, 0.15) is 124 Å². The van der Waals surface area contributed by atoms with Crippen molar-refractivity contribution in [1.82, 2.24) is 0 Å². The summed E-state index contributed by atoms with van der Waals surface area (Å²) in [4.78, 5) is 0. The lowest BCUT2D eigenvalue weighted by molar-refractivity contribution is 0.360. The standard InChI is InChI=1S/C21H45N/c1-4-6-8-10-12-14-16-18-21(19-20(3)22)17-15-13-11-9-7-5-2/h20-21H,4-19,22H2,1-3H3. The van der Waals surface area contributed by atoms with Crippen LogP contribution in [0.2, 0.25) is 0 Å². The molecule has 0 saturated heterocycles. The highest BCUT2D eigenvalue weighted by Gasteiger charge is 2.10. The molecule has 0 saturated carbocycles. The van der Waals surface area contributed by atoms with E-state index in [4.69, 9.17) is 5.73 Å². The summed E-state index contributed by atoms with van der Waals surface area (Å²) in [5.74, 6) is 0.891. The predicted molar refractivity (Wildman–Crippen MR) is 102 cm³/mol. The highest BCUT2D eigenvalue weighted by molar-refractivity contribution is 4.66. The van der Waals surface area contributed by atoms with E-state index >= 15 is 0 Å². The Kier molecular flexibility index (Phi) is 17.3. The summed E-state index contributed by atoms with van der Waals surface area (Å²) in [5.41, 5.74) is 6.05. The van der Waals surface area contributed by atoms with Crippen LogP contribution in [-0.2, 0) is 0 Å². The largest absolute Gasteiger partial charge is 0.328 e. The van der Waals surface area contributed by atoms with Crippen molar-refractivity contribution in [3.63, 3.8) is 0 Å². The van der Waals surface area contributed by atoms with Gasteiger partial charge in [-0.05, 0) is 19.3 Å². The molecule has 0 aromatic carbocycles. The fourth-order valence-electron chi connectivity index (χ4n) is 3.51. The van der Waals surface area contributed by atoms with E-state index in [1.165, 1.54) is 103 Å². The molecule has 1 nitrogen and oxygen atoms in total. The number of hydrogen-bond donors (Lipinski definition) is 1. The second-order valence-corrected chi connectivity index (χ2v) is 7.55. The minimum absolute atomic E-state index is 0.384. The lowest BCUT2D eigenvalue weighted by atomic mass is 9.89. The van der Waals surface area contributed by atoms with Crippen LogP contribution in [0.15, 0.2) is 0 Å². The molecule has 0 aromatic heterocycles. The van der Waals surface area contributed by atoms with Crippen molar-refractivity contribution in [2.75, 3.05) is 0 Å². The lowest BCUT2D eigenvalue weighted by Crippen LogP contribution is -2.19. The van der Waals surface area contributed by atoms with Crippen LogP contribution in [0.3, 0.4) is 0 Å². The maximum Gasteiger partial charge on any atom is 0.00131 e. The van der Waals surface area contributed by atoms with Gasteiger partial charge in [0.05, 0.1) is 0 Å². The Morgan fingerprint density at radius 2 is 0.955 bits per heavy atom. The second kappa shape index (κ2) is 17.3. The third-order valence-corrected chi connectivity index (χ3v) is 4.89. The summed E-state index contributed by atoms with van der Waals surface area (Å²) >= 11 is 0. The highest BCUT2D eigenvalue weighted by Crippen LogP contribution is 2.23. The van der Waals surface area contributed by atoms with Gasteiger partial charge >= 0.3 is 0 Å². The first kappa shape index (κ1) is 22.0. The van der Waals surface area contributed by atoms with Gasteiger partial charge in [0, 0.05) is 6.04 Å². The summed E-state index contributed by atoms with van der Waals surface area (Å²) in [6.07, 6.45) is 22.6. The molecule has 0 aromatic rings. The van der Waals surface area contributed by atoms with E-state index in [9.17, 15) is 0 Å². The lowest BCUT2D eigenvalue weighted by Gasteiger charge is -2.19. The van der Waals surface area contributed by atoms with E-state index in [0.717, 1.165) is 5.92 Å². The maximum absolute atomic E-state index is 6.05. The molecule has 0 aliphatic rings. The van der Waals surface area contributed by atoms with Crippen molar-refractivity contribution < 1.29 is 0 Å².